The molecule has 0 aliphatic rings. The molecule has 0 saturated carbocycles. The van der Waals surface area contributed by atoms with Crippen LogP contribution in [0.2, 0.25) is 0 Å². The molecule has 3 rings (SSSR count). The van der Waals surface area contributed by atoms with Crippen LogP contribution in [0.1, 0.15) is 22.3 Å². The first-order valence-electron chi connectivity index (χ1n) is 6.12. The number of rotatable bonds is 0. The van der Waals surface area contributed by atoms with Crippen molar-refractivity contribution in [2.24, 2.45) is 0 Å². The Morgan fingerprint density at radius 1 is 1.11 bits per heavy atom. The lowest BCUT2D eigenvalue weighted by Crippen LogP contribution is -2.12. The summed E-state index contributed by atoms with van der Waals surface area (Å²) in [6.07, 6.45) is 1.52. The average molecular weight is 257 g/mol. The van der Waals surface area contributed by atoms with Crippen LogP contribution in [-0.2, 0) is 0 Å². The third-order valence-corrected chi connectivity index (χ3v) is 4.07. The van der Waals surface area contributed by atoms with Crippen molar-refractivity contribution in [3.63, 3.8) is 0 Å². The summed E-state index contributed by atoms with van der Waals surface area (Å²) < 4.78 is 1.49. The number of aromatic amines is 1. The summed E-state index contributed by atoms with van der Waals surface area (Å²) in [7, 11) is 0. The fourth-order valence-electron chi connectivity index (χ4n) is 2.61. The average Bonchev–Trinajstić information content (AvgIpc) is 2.68. The predicted octanol–water partition coefficient (Wildman–Crippen LogP) is 2.12. The molecule has 0 aliphatic carbocycles. The van der Waals surface area contributed by atoms with Gasteiger partial charge in [-0.15, -0.1) is 0 Å². The molecule has 0 bridgehead atoms. The highest BCUT2D eigenvalue weighted by Crippen LogP contribution is 2.28. The van der Waals surface area contributed by atoms with Crippen LogP contribution in [0.3, 0.4) is 0 Å². The van der Waals surface area contributed by atoms with E-state index in [0.717, 1.165) is 27.7 Å². The van der Waals surface area contributed by atoms with E-state index in [1.165, 1.54) is 16.2 Å². The molecule has 0 spiro atoms. The van der Waals surface area contributed by atoms with Crippen molar-refractivity contribution in [2.75, 3.05) is 0 Å². The van der Waals surface area contributed by atoms with Gasteiger partial charge in [-0.05, 0) is 49.9 Å². The molecule has 0 atom stereocenters. The van der Waals surface area contributed by atoms with Crippen molar-refractivity contribution in [2.45, 2.75) is 27.7 Å². The summed E-state index contributed by atoms with van der Waals surface area (Å²) in [6.45, 7) is 8.07. The first kappa shape index (κ1) is 11.8. The maximum Gasteiger partial charge on any atom is 0.333 e. The van der Waals surface area contributed by atoms with Gasteiger partial charge in [0.1, 0.15) is 5.52 Å². The molecule has 0 saturated heterocycles. The highest BCUT2D eigenvalue weighted by atomic mass is 16.3. The molecule has 3 aromatic rings. The molecule has 2 aromatic heterocycles. The van der Waals surface area contributed by atoms with E-state index in [4.69, 9.17) is 0 Å². The zero-order valence-electron chi connectivity index (χ0n) is 11.3. The van der Waals surface area contributed by atoms with E-state index in [-0.39, 0.29) is 11.6 Å². The lowest BCUT2D eigenvalue weighted by molar-refractivity contribution is 0.461. The van der Waals surface area contributed by atoms with Crippen molar-refractivity contribution >= 4 is 16.6 Å². The Balaban J connectivity index is 2.74. The van der Waals surface area contributed by atoms with Crippen LogP contribution in [0.5, 0.6) is 5.88 Å². The van der Waals surface area contributed by atoms with Gasteiger partial charge in [0.15, 0.2) is 0 Å². The maximum atomic E-state index is 12.0. The first-order chi connectivity index (χ1) is 8.93. The van der Waals surface area contributed by atoms with Crippen molar-refractivity contribution in [3.05, 3.63) is 38.9 Å². The van der Waals surface area contributed by atoms with E-state index in [2.05, 4.69) is 16.9 Å². The van der Waals surface area contributed by atoms with Gasteiger partial charge in [-0.1, -0.05) is 0 Å². The van der Waals surface area contributed by atoms with Gasteiger partial charge < -0.3 is 5.11 Å². The SMILES string of the molecule is Cc1c(C)c(C)c2c(ncc3c(O)[nH]c(=O)n32)c1C. The van der Waals surface area contributed by atoms with E-state index < -0.39 is 0 Å². The van der Waals surface area contributed by atoms with E-state index >= 15 is 0 Å². The topological polar surface area (TPSA) is 70.4 Å². The zero-order chi connectivity index (χ0) is 13.9. The Kier molecular flexibility index (Phi) is 2.23. The van der Waals surface area contributed by atoms with Gasteiger partial charge in [0.2, 0.25) is 5.88 Å². The van der Waals surface area contributed by atoms with Crippen molar-refractivity contribution in [3.8, 4) is 5.88 Å². The maximum absolute atomic E-state index is 12.0. The first-order valence-corrected chi connectivity index (χ1v) is 6.12. The summed E-state index contributed by atoms with van der Waals surface area (Å²) in [6, 6.07) is 0. The number of aryl methyl sites for hydroxylation is 2. The van der Waals surface area contributed by atoms with Crippen molar-refractivity contribution < 1.29 is 5.11 Å². The van der Waals surface area contributed by atoms with Crippen LogP contribution < -0.4 is 5.69 Å². The number of aromatic hydroxyl groups is 1. The van der Waals surface area contributed by atoms with Crippen LogP contribution in [0.4, 0.5) is 0 Å². The molecule has 0 unspecified atom stereocenters. The Labute approximate surface area is 109 Å². The Morgan fingerprint density at radius 3 is 2.42 bits per heavy atom. The second kappa shape index (κ2) is 3.60. The third kappa shape index (κ3) is 1.35. The monoisotopic (exact) mass is 257 g/mol. The molecule has 2 heterocycles. The predicted molar refractivity (Wildman–Crippen MR) is 73.9 cm³/mol. The van der Waals surface area contributed by atoms with Gasteiger partial charge >= 0.3 is 5.69 Å². The van der Waals surface area contributed by atoms with Crippen LogP contribution in [-0.4, -0.2) is 19.5 Å². The van der Waals surface area contributed by atoms with E-state index in [1.54, 1.807) is 0 Å². The minimum Gasteiger partial charge on any atom is -0.493 e. The summed E-state index contributed by atoms with van der Waals surface area (Å²) >= 11 is 0. The normalized spacial score (nSPS) is 11.6. The minimum absolute atomic E-state index is 0.144. The highest BCUT2D eigenvalue weighted by molar-refractivity contribution is 5.87. The Morgan fingerprint density at radius 2 is 1.74 bits per heavy atom. The third-order valence-electron chi connectivity index (χ3n) is 4.07. The summed E-state index contributed by atoms with van der Waals surface area (Å²) in [5.41, 5.74) is 6.03. The molecule has 2 N–H and O–H groups in total. The number of imidazole rings is 1. The van der Waals surface area contributed by atoms with Crippen molar-refractivity contribution in [1.29, 1.82) is 0 Å². The molecule has 19 heavy (non-hydrogen) atoms. The lowest BCUT2D eigenvalue weighted by atomic mass is 9.97. The smallest absolute Gasteiger partial charge is 0.333 e. The number of nitrogens with one attached hydrogen (secondary N) is 1. The van der Waals surface area contributed by atoms with Crippen LogP contribution in [0, 0.1) is 27.7 Å². The summed E-state index contributed by atoms with van der Waals surface area (Å²) in [5, 5.41) is 9.72. The van der Waals surface area contributed by atoms with Gasteiger partial charge in [-0.25, -0.2) is 4.79 Å². The largest absolute Gasteiger partial charge is 0.493 e. The minimum atomic E-state index is -0.342. The van der Waals surface area contributed by atoms with Gasteiger partial charge in [-0.3, -0.25) is 14.4 Å². The second-order valence-corrected chi connectivity index (χ2v) is 4.95. The molecule has 1 aromatic carbocycles. The molecule has 0 amide bonds. The standard InChI is InChI=1S/C14H15N3O2/c1-6-7(2)9(4)12-11(8(6)3)15-5-10-13(18)16-14(19)17(10)12/h5,18H,1-4H3,(H,16,19). The number of hydrogen-bond acceptors (Lipinski definition) is 3. The second-order valence-electron chi connectivity index (χ2n) is 4.95. The van der Waals surface area contributed by atoms with Gasteiger partial charge in [0.05, 0.1) is 17.2 Å². The van der Waals surface area contributed by atoms with E-state index in [9.17, 15) is 9.90 Å². The van der Waals surface area contributed by atoms with Crippen LogP contribution in [0.15, 0.2) is 11.0 Å². The molecule has 0 aliphatic heterocycles. The molecule has 5 nitrogen and oxygen atoms in total. The van der Waals surface area contributed by atoms with Crippen LogP contribution >= 0.6 is 0 Å². The molecule has 0 radical (unpaired) electrons. The fourth-order valence-corrected chi connectivity index (χ4v) is 2.61. The van der Waals surface area contributed by atoms with Gasteiger partial charge in [0.25, 0.3) is 0 Å². The van der Waals surface area contributed by atoms with Gasteiger partial charge in [-0.2, -0.15) is 0 Å². The summed E-state index contributed by atoms with van der Waals surface area (Å²) in [4.78, 5) is 18.8. The number of H-pyrrole nitrogens is 1. The summed E-state index contributed by atoms with van der Waals surface area (Å²) in [5.74, 6) is -0.144. The molecule has 0 fully saturated rings. The number of nitrogens with zero attached hydrogens (tertiary/aromatic N) is 2. The zero-order valence-corrected chi connectivity index (χ0v) is 11.3. The molecule has 5 heteroatoms. The number of benzene rings is 1. The quantitative estimate of drug-likeness (QED) is 0.648. The Hall–Kier alpha value is -2.30. The molecular weight excluding hydrogens is 242 g/mol. The van der Waals surface area contributed by atoms with E-state index in [1.807, 2.05) is 20.8 Å². The Bertz CT molecular complexity index is 887. The fraction of sp³-hybridized carbons (Fsp3) is 0.286. The number of aromatic nitrogens is 3. The molecular formula is C14H15N3O2. The van der Waals surface area contributed by atoms with Gasteiger partial charge in [0, 0.05) is 0 Å². The van der Waals surface area contributed by atoms with Crippen molar-refractivity contribution in [1.82, 2.24) is 14.4 Å². The number of fused-ring (bicyclic) bond motifs is 3. The lowest BCUT2D eigenvalue weighted by Gasteiger charge is -2.13. The number of hydrogen-bond donors (Lipinski definition) is 2. The molecule has 98 valence electrons. The van der Waals surface area contributed by atoms with Crippen LogP contribution in [0.25, 0.3) is 16.6 Å². The highest BCUT2D eigenvalue weighted by Gasteiger charge is 2.16. The van der Waals surface area contributed by atoms with E-state index in [0.29, 0.717) is 5.52 Å².